The molecule has 0 atom stereocenters. The minimum Gasteiger partial charge on any atom is -0.443 e. The van der Waals surface area contributed by atoms with E-state index in [2.05, 4.69) is 53.2 Å². The van der Waals surface area contributed by atoms with E-state index in [1.807, 2.05) is 0 Å². The van der Waals surface area contributed by atoms with Crippen molar-refractivity contribution in [2.45, 2.75) is 52.5 Å². The molecule has 1 aromatic heterocycles. The maximum Gasteiger partial charge on any atom is 0.216 e. The minimum absolute atomic E-state index is 0.0296. The van der Waals surface area contributed by atoms with Gasteiger partial charge in [0.15, 0.2) is 5.96 Å². The van der Waals surface area contributed by atoms with Crippen molar-refractivity contribution in [2.75, 3.05) is 45.9 Å². The maximum absolute atomic E-state index is 5.80. The van der Waals surface area contributed by atoms with Gasteiger partial charge in [-0.3, -0.25) is 4.90 Å². The Morgan fingerprint density at radius 1 is 1.23 bits per heavy atom. The van der Waals surface area contributed by atoms with Crippen LogP contribution in [0.25, 0.3) is 0 Å². The Morgan fingerprint density at radius 2 is 2.00 bits per heavy atom. The summed E-state index contributed by atoms with van der Waals surface area (Å²) in [4.78, 5) is 11.4. The lowest BCUT2D eigenvalue weighted by molar-refractivity contribution is 0.0372. The lowest BCUT2D eigenvalue weighted by Crippen LogP contribution is -2.39. The molecule has 0 bridgehead atoms. The zero-order chi connectivity index (χ0) is 18.8. The summed E-state index contributed by atoms with van der Waals surface area (Å²) in [6.45, 7) is 15.6. The number of ether oxygens (including phenoxy) is 1. The van der Waals surface area contributed by atoms with Crippen LogP contribution in [0.1, 0.15) is 52.2 Å². The molecule has 0 saturated carbocycles. The highest BCUT2D eigenvalue weighted by Gasteiger charge is 2.19. The van der Waals surface area contributed by atoms with E-state index in [1.54, 1.807) is 6.20 Å². The first-order chi connectivity index (χ1) is 12.5. The van der Waals surface area contributed by atoms with E-state index >= 15 is 0 Å². The third kappa shape index (κ3) is 7.33. The van der Waals surface area contributed by atoms with E-state index in [4.69, 9.17) is 9.15 Å². The fourth-order valence-electron chi connectivity index (χ4n) is 2.71. The zero-order valence-electron chi connectivity index (χ0n) is 16.8. The highest BCUT2D eigenvalue weighted by atomic mass is 16.5. The van der Waals surface area contributed by atoms with Crippen LogP contribution in [0.15, 0.2) is 15.6 Å². The van der Waals surface area contributed by atoms with Crippen LogP contribution in [0.2, 0.25) is 0 Å². The van der Waals surface area contributed by atoms with Crippen molar-refractivity contribution >= 4 is 5.96 Å². The normalized spacial score (nSPS) is 16.7. The number of nitrogens with one attached hydrogen (secondary N) is 2. The summed E-state index contributed by atoms with van der Waals surface area (Å²) in [5.41, 5.74) is -0.0296. The van der Waals surface area contributed by atoms with Gasteiger partial charge in [0.25, 0.3) is 0 Å². The molecule has 148 valence electrons. The van der Waals surface area contributed by atoms with Crippen molar-refractivity contribution < 1.29 is 9.15 Å². The second kappa shape index (κ2) is 10.5. The summed E-state index contributed by atoms with van der Waals surface area (Å²) in [5.74, 6) is 2.36. The van der Waals surface area contributed by atoms with Gasteiger partial charge in [0.05, 0.1) is 19.4 Å². The summed E-state index contributed by atoms with van der Waals surface area (Å²) < 4.78 is 11.2. The Labute approximate surface area is 157 Å². The van der Waals surface area contributed by atoms with Crippen LogP contribution in [0.4, 0.5) is 0 Å². The van der Waals surface area contributed by atoms with Gasteiger partial charge in [-0.1, -0.05) is 20.8 Å². The molecule has 1 aliphatic heterocycles. The summed E-state index contributed by atoms with van der Waals surface area (Å²) in [5, 5.41) is 6.66. The molecule has 2 N–H and O–H groups in total. The van der Waals surface area contributed by atoms with Crippen molar-refractivity contribution in [2.24, 2.45) is 4.99 Å². The van der Waals surface area contributed by atoms with E-state index in [-0.39, 0.29) is 5.41 Å². The molecule has 0 spiro atoms. The van der Waals surface area contributed by atoms with Crippen molar-refractivity contribution in [3.8, 4) is 0 Å². The fraction of sp³-hybridized carbons (Fsp3) is 0.789. The van der Waals surface area contributed by atoms with E-state index < -0.39 is 0 Å². The van der Waals surface area contributed by atoms with Gasteiger partial charge < -0.3 is 19.8 Å². The Morgan fingerprint density at radius 3 is 2.65 bits per heavy atom. The molecule has 7 nitrogen and oxygen atoms in total. The molecule has 0 radical (unpaired) electrons. The Kier molecular flexibility index (Phi) is 8.38. The molecule has 2 heterocycles. The minimum atomic E-state index is -0.0296. The van der Waals surface area contributed by atoms with Crippen molar-refractivity contribution in [3.63, 3.8) is 0 Å². The molecule has 2 rings (SSSR count). The van der Waals surface area contributed by atoms with E-state index in [0.29, 0.717) is 12.4 Å². The maximum atomic E-state index is 5.80. The quantitative estimate of drug-likeness (QED) is 0.418. The number of oxazole rings is 1. The molecule has 0 amide bonds. The van der Waals surface area contributed by atoms with Gasteiger partial charge in [-0.2, -0.15) is 0 Å². The molecular formula is C19H35N5O2. The fourth-order valence-corrected chi connectivity index (χ4v) is 2.71. The summed E-state index contributed by atoms with van der Waals surface area (Å²) in [6, 6.07) is 0. The van der Waals surface area contributed by atoms with Gasteiger partial charge in [-0.05, 0) is 26.3 Å². The topological polar surface area (TPSA) is 74.9 Å². The standard InChI is InChI=1S/C19H35N5O2/c1-5-20-18(21-8-6-7-9-24-10-12-25-13-11-24)23-15-17-22-14-16(26-17)19(2,3)4/h14H,5-13,15H2,1-4H3,(H2,20,21,23). The van der Waals surface area contributed by atoms with Gasteiger partial charge in [-0.15, -0.1) is 0 Å². The lowest BCUT2D eigenvalue weighted by atomic mass is 9.94. The Balaban J connectivity index is 1.71. The van der Waals surface area contributed by atoms with E-state index in [1.165, 1.54) is 6.42 Å². The SMILES string of the molecule is CCNC(=NCc1ncc(C(C)(C)C)o1)NCCCCN1CCOCC1. The average Bonchev–Trinajstić information content (AvgIpc) is 3.09. The van der Waals surface area contributed by atoms with Gasteiger partial charge >= 0.3 is 0 Å². The summed E-state index contributed by atoms with van der Waals surface area (Å²) in [6.07, 6.45) is 4.10. The van der Waals surface area contributed by atoms with E-state index in [9.17, 15) is 0 Å². The molecule has 1 aromatic rings. The largest absolute Gasteiger partial charge is 0.443 e. The van der Waals surface area contributed by atoms with Gasteiger partial charge in [0.1, 0.15) is 12.3 Å². The van der Waals surface area contributed by atoms with Crippen LogP contribution < -0.4 is 10.6 Å². The van der Waals surface area contributed by atoms with Crippen LogP contribution in [0.3, 0.4) is 0 Å². The lowest BCUT2D eigenvalue weighted by Gasteiger charge is -2.26. The molecule has 26 heavy (non-hydrogen) atoms. The predicted octanol–water partition coefficient (Wildman–Crippen LogP) is 2.14. The monoisotopic (exact) mass is 365 g/mol. The first-order valence-corrected chi connectivity index (χ1v) is 9.76. The second-order valence-corrected chi connectivity index (χ2v) is 7.65. The van der Waals surface area contributed by atoms with Crippen LogP contribution in [0, 0.1) is 0 Å². The molecule has 0 unspecified atom stereocenters. The number of hydrogen-bond donors (Lipinski definition) is 2. The Bertz CT molecular complexity index is 544. The van der Waals surface area contributed by atoms with E-state index in [0.717, 1.165) is 64.1 Å². The van der Waals surface area contributed by atoms with Crippen molar-refractivity contribution in [1.29, 1.82) is 0 Å². The first kappa shape index (κ1) is 20.7. The van der Waals surface area contributed by atoms with Crippen LogP contribution in [-0.2, 0) is 16.7 Å². The number of aliphatic imine (C=N–C) groups is 1. The number of nitrogens with zero attached hydrogens (tertiary/aromatic N) is 3. The van der Waals surface area contributed by atoms with Crippen LogP contribution in [0.5, 0.6) is 0 Å². The molecular weight excluding hydrogens is 330 g/mol. The highest BCUT2D eigenvalue weighted by Crippen LogP contribution is 2.22. The average molecular weight is 366 g/mol. The van der Waals surface area contributed by atoms with Gasteiger partial charge in [0, 0.05) is 31.6 Å². The highest BCUT2D eigenvalue weighted by molar-refractivity contribution is 5.79. The summed E-state index contributed by atoms with van der Waals surface area (Å²) in [7, 11) is 0. The summed E-state index contributed by atoms with van der Waals surface area (Å²) >= 11 is 0. The number of aromatic nitrogens is 1. The number of hydrogen-bond acceptors (Lipinski definition) is 5. The Hall–Kier alpha value is -1.60. The predicted molar refractivity (Wildman–Crippen MR) is 105 cm³/mol. The van der Waals surface area contributed by atoms with Crippen molar-refractivity contribution in [3.05, 3.63) is 17.8 Å². The first-order valence-electron chi connectivity index (χ1n) is 9.76. The van der Waals surface area contributed by atoms with Crippen molar-refractivity contribution in [1.82, 2.24) is 20.5 Å². The zero-order valence-corrected chi connectivity index (χ0v) is 16.8. The number of rotatable bonds is 8. The molecule has 1 aliphatic rings. The van der Waals surface area contributed by atoms with Crippen LogP contribution in [-0.4, -0.2) is 61.8 Å². The van der Waals surface area contributed by atoms with Crippen LogP contribution >= 0.6 is 0 Å². The number of morpholine rings is 1. The smallest absolute Gasteiger partial charge is 0.216 e. The third-order valence-electron chi connectivity index (χ3n) is 4.31. The molecule has 7 heteroatoms. The molecule has 0 aromatic carbocycles. The third-order valence-corrected chi connectivity index (χ3v) is 4.31. The molecule has 1 fully saturated rings. The molecule has 1 saturated heterocycles. The van der Waals surface area contributed by atoms with Gasteiger partial charge in [-0.25, -0.2) is 9.98 Å². The van der Waals surface area contributed by atoms with Gasteiger partial charge in [0.2, 0.25) is 5.89 Å². The number of unbranched alkanes of at least 4 members (excludes halogenated alkanes) is 1. The second-order valence-electron chi connectivity index (χ2n) is 7.65. The molecule has 0 aliphatic carbocycles. The number of guanidine groups is 1.